The number of nitrogens with zero attached hydrogens (tertiary/aromatic N) is 1. The molecule has 0 amide bonds. The molecule has 0 aromatic rings. The molecule has 4 heteroatoms. The number of likely N-dealkylation sites (N-methyl/N-ethyl adjacent to an activating group) is 1. The van der Waals surface area contributed by atoms with Crippen molar-refractivity contribution in [2.24, 2.45) is 5.92 Å². The zero-order chi connectivity index (χ0) is 15.2. The van der Waals surface area contributed by atoms with Crippen LogP contribution in [0, 0.1) is 5.92 Å². The van der Waals surface area contributed by atoms with Crippen LogP contribution in [0.4, 0.5) is 0 Å². The highest BCUT2D eigenvalue weighted by Crippen LogP contribution is 2.23. The Hall–Kier alpha value is -0.610. The average Bonchev–Trinajstić information content (AvgIpc) is 2.62. The van der Waals surface area contributed by atoms with E-state index < -0.39 is 5.54 Å². The number of esters is 1. The third-order valence-electron chi connectivity index (χ3n) is 4.58. The summed E-state index contributed by atoms with van der Waals surface area (Å²) in [7, 11) is 1.47. The largest absolute Gasteiger partial charge is 0.468 e. The summed E-state index contributed by atoms with van der Waals surface area (Å²) in [4.78, 5) is 14.6. The van der Waals surface area contributed by atoms with Crippen LogP contribution < -0.4 is 5.32 Å². The summed E-state index contributed by atoms with van der Waals surface area (Å²) in [5.74, 6) is 0.669. The van der Waals surface area contributed by atoms with Gasteiger partial charge < -0.3 is 15.0 Å². The molecule has 1 heterocycles. The molecule has 1 rings (SSSR count). The lowest BCUT2D eigenvalue weighted by molar-refractivity contribution is -0.148. The number of methoxy groups -OCH3 is 1. The zero-order valence-corrected chi connectivity index (χ0v) is 13.9. The molecule has 4 nitrogen and oxygen atoms in total. The molecule has 1 fully saturated rings. The summed E-state index contributed by atoms with van der Waals surface area (Å²) in [6.07, 6.45) is 4.65. The van der Waals surface area contributed by atoms with Gasteiger partial charge in [0, 0.05) is 6.04 Å². The Kier molecular flexibility index (Phi) is 6.96. The maximum atomic E-state index is 12.1. The fourth-order valence-electron chi connectivity index (χ4n) is 3.29. The normalized spacial score (nSPS) is 25.6. The summed E-state index contributed by atoms with van der Waals surface area (Å²) in [6.45, 7) is 11.6. The second-order valence-corrected chi connectivity index (χ2v) is 6.48. The predicted octanol–water partition coefficient (Wildman–Crippen LogP) is 2.43. The number of rotatable bonds is 6. The summed E-state index contributed by atoms with van der Waals surface area (Å²) in [5, 5.41) is 3.30. The van der Waals surface area contributed by atoms with Crippen molar-refractivity contribution in [3.8, 4) is 0 Å². The van der Waals surface area contributed by atoms with Gasteiger partial charge in [0.2, 0.25) is 0 Å². The molecule has 1 aliphatic heterocycles. The summed E-state index contributed by atoms with van der Waals surface area (Å²) in [5.41, 5.74) is -0.583. The Morgan fingerprint density at radius 3 is 2.75 bits per heavy atom. The van der Waals surface area contributed by atoms with Crippen LogP contribution in [-0.4, -0.2) is 49.2 Å². The van der Waals surface area contributed by atoms with Gasteiger partial charge in [0.15, 0.2) is 0 Å². The number of carbonyl (C=O) groups excluding carboxylic acids is 1. The lowest BCUT2D eigenvalue weighted by atomic mass is 9.92. The Morgan fingerprint density at radius 1 is 1.45 bits per heavy atom. The minimum atomic E-state index is -0.583. The van der Waals surface area contributed by atoms with Gasteiger partial charge in [-0.1, -0.05) is 13.8 Å². The maximum absolute atomic E-state index is 12.1. The summed E-state index contributed by atoms with van der Waals surface area (Å²) < 4.78 is 4.98. The van der Waals surface area contributed by atoms with E-state index in [1.165, 1.54) is 26.4 Å². The number of hydrogen-bond acceptors (Lipinski definition) is 4. The maximum Gasteiger partial charge on any atom is 0.325 e. The molecule has 3 atom stereocenters. The highest BCUT2D eigenvalue weighted by molar-refractivity contribution is 5.80. The average molecular weight is 284 g/mol. The van der Waals surface area contributed by atoms with Gasteiger partial charge in [-0.05, 0) is 65.1 Å². The SMILES string of the molecule is CCNC(C)(CC(C)N1CCCC(C)CC1)C(=O)OC. The predicted molar refractivity (Wildman–Crippen MR) is 82.8 cm³/mol. The highest BCUT2D eigenvalue weighted by atomic mass is 16.5. The van der Waals surface area contributed by atoms with Crippen LogP contribution in [-0.2, 0) is 9.53 Å². The fourth-order valence-corrected chi connectivity index (χ4v) is 3.29. The van der Waals surface area contributed by atoms with Gasteiger partial charge in [0.25, 0.3) is 0 Å². The van der Waals surface area contributed by atoms with Crippen molar-refractivity contribution in [1.82, 2.24) is 10.2 Å². The molecule has 0 spiro atoms. The van der Waals surface area contributed by atoms with E-state index in [-0.39, 0.29) is 5.97 Å². The molecule has 118 valence electrons. The molecule has 20 heavy (non-hydrogen) atoms. The highest BCUT2D eigenvalue weighted by Gasteiger charge is 2.36. The second kappa shape index (κ2) is 7.99. The first-order valence-corrected chi connectivity index (χ1v) is 8.00. The molecule has 3 unspecified atom stereocenters. The fraction of sp³-hybridized carbons (Fsp3) is 0.938. The smallest absolute Gasteiger partial charge is 0.325 e. The van der Waals surface area contributed by atoms with Crippen LogP contribution in [0.3, 0.4) is 0 Å². The Bertz CT molecular complexity index is 309. The van der Waals surface area contributed by atoms with Crippen molar-refractivity contribution in [1.29, 1.82) is 0 Å². The first-order valence-electron chi connectivity index (χ1n) is 8.00. The van der Waals surface area contributed by atoms with E-state index in [1.807, 2.05) is 13.8 Å². The van der Waals surface area contributed by atoms with E-state index in [9.17, 15) is 4.79 Å². The van der Waals surface area contributed by atoms with E-state index in [4.69, 9.17) is 4.74 Å². The quantitative estimate of drug-likeness (QED) is 0.761. The van der Waals surface area contributed by atoms with Gasteiger partial charge >= 0.3 is 5.97 Å². The van der Waals surface area contributed by atoms with Crippen molar-refractivity contribution in [3.05, 3.63) is 0 Å². The second-order valence-electron chi connectivity index (χ2n) is 6.48. The molecule has 0 aliphatic carbocycles. The Balaban J connectivity index is 2.65. The Morgan fingerprint density at radius 2 is 2.15 bits per heavy atom. The van der Waals surface area contributed by atoms with Crippen molar-refractivity contribution >= 4 is 5.97 Å². The number of carbonyl (C=O) groups is 1. The number of likely N-dealkylation sites (tertiary alicyclic amines) is 1. The van der Waals surface area contributed by atoms with E-state index in [1.54, 1.807) is 0 Å². The minimum absolute atomic E-state index is 0.158. The molecule has 0 aromatic heterocycles. The van der Waals surface area contributed by atoms with Crippen LogP contribution in [0.25, 0.3) is 0 Å². The summed E-state index contributed by atoms with van der Waals surface area (Å²) in [6, 6.07) is 0.392. The van der Waals surface area contributed by atoms with E-state index >= 15 is 0 Å². The van der Waals surface area contributed by atoms with Crippen LogP contribution in [0.2, 0.25) is 0 Å². The van der Waals surface area contributed by atoms with Crippen molar-refractivity contribution < 1.29 is 9.53 Å². The third kappa shape index (κ3) is 4.74. The number of ether oxygens (including phenoxy) is 1. The Labute approximate surface area is 124 Å². The van der Waals surface area contributed by atoms with Gasteiger partial charge in [-0.3, -0.25) is 4.79 Å². The van der Waals surface area contributed by atoms with Gasteiger partial charge in [-0.15, -0.1) is 0 Å². The van der Waals surface area contributed by atoms with Crippen molar-refractivity contribution in [2.45, 2.75) is 65.0 Å². The van der Waals surface area contributed by atoms with Gasteiger partial charge in [-0.25, -0.2) is 0 Å². The molecule has 0 radical (unpaired) electrons. The van der Waals surface area contributed by atoms with E-state index in [0.717, 1.165) is 32.0 Å². The van der Waals surface area contributed by atoms with Crippen LogP contribution in [0.5, 0.6) is 0 Å². The van der Waals surface area contributed by atoms with Crippen molar-refractivity contribution in [3.63, 3.8) is 0 Å². The van der Waals surface area contributed by atoms with Crippen molar-refractivity contribution in [2.75, 3.05) is 26.7 Å². The molecule has 1 N–H and O–H groups in total. The molecule has 0 bridgehead atoms. The minimum Gasteiger partial charge on any atom is -0.468 e. The molecular formula is C16H32N2O2. The van der Waals surface area contributed by atoms with E-state index in [0.29, 0.717) is 6.04 Å². The van der Waals surface area contributed by atoms with Gasteiger partial charge in [0.1, 0.15) is 5.54 Å². The lowest BCUT2D eigenvalue weighted by Gasteiger charge is -2.35. The third-order valence-corrected chi connectivity index (χ3v) is 4.58. The van der Waals surface area contributed by atoms with Gasteiger partial charge in [-0.2, -0.15) is 0 Å². The number of nitrogens with one attached hydrogen (secondary N) is 1. The summed E-state index contributed by atoms with van der Waals surface area (Å²) >= 11 is 0. The zero-order valence-electron chi connectivity index (χ0n) is 13.9. The standard InChI is InChI=1S/C16H32N2O2/c1-6-17-16(4,15(19)20-5)12-14(3)18-10-7-8-13(2)9-11-18/h13-14,17H,6-12H2,1-5H3. The first-order chi connectivity index (χ1) is 9.42. The monoisotopic (exact) mass is 284 g/mol. The molecule has 0 saturated carbocycles. The molecule has 1 aliphatic rings. The van der Waals surface area contributed by atoms with E-state index in [2.05, 4.69) is 24.1 Å². The first kappa shape index (κ1) is 17.4. The topological polar surface area (TPSA) is 41.6 Å². The molecule has 0 aromatic carbocycles. The van der Waals surface area contributed by atoms with Crippen LogP contribution in [0.1, 0.15) is 53.4 Å². The molecule has 1 saturated heterocycles. The van der Waals surface area contributed by atoms with Crippen LogP contribution in [0.15, 0.2) is 0 Å². The lowest BCUT2D eigenvalue weighted by Crippen LogP contribution is -2.54. The van der Waals surface area contributed by atoms with Crippen LogP contribution >= 0.6 is 0 Å². The molecular weight excluding hydrogens is 252 g/mol. The number of hydrogen-bond donors (Lipinski definition) is 1. The van der Waals surface area contributed by atoms with Gasteiger partial charge in [0.05, 0.1) is 7.11 Å².